The van der Waals surface area contributed by atoms with Crippen molar-refractivity contribution < 1.29 is 9.53 Å². The highest BCUT2D eigenvalue weighted by Crippen LogP contribution is 2.19. The number of nitriles is 2. The molecule has 1 heterocycles. The first-order valence-electron chi connectivity index (χ1n) is 9.17. The molecule has 0 spiro atoms. The molecule has 0 aromatic heterocycles. The van der Waals surface area contributed by atoms with Crippen LogP contribution in [-0.4, -0.2) is 56.7 Å². The van der Waals surface area contributed by atoms with Gasteiger partial charge in [-0.2, -0.15) is 10.5 Å². The van der Waals surface area contributed by atoms with Crippen LogP contribution in [0.4, 0.5) is 0 Å². The van der Waals surface area contributed by atoms with Gasteiger partial charge in [0.25, 0.3) is 0 Å². The van der Waals surface area contributed by atoms with E-state index in [0.29, 0.717) is 24.6 Å². The number of hydrogen-bond donors (Lipinski definition) is 2. The first-order chi connectivity index (χ1) is 13.1. The van der Waals surface area contributed by atoms with Crippen LogP contribution in [0.25, 0.3) is 0 Å². The maximum Gasteiger partial charge on any atom is 0.337 e. The highest BCUT2D eigenvalue weighted by molar-refractivity contribution is 5.89. The van der Waals surface area contributed by atoms with Gasteiger partial charge in [-0.25, -0.2) is 4.79 Å². The van der Waals surface area contributed by atoms with Gasteiger partial charge in [0.15, 0.2) is 0 Å². The fourth-order valence-electron chi connectivity index (χ4n) is 3.41. The maximum absolute atomic E-state index is 11.5. The topological polar surface area (TPSA) is 101 Å². The molecule has 1 aliphatic heterocycles. The first-order valence-corrected chi connectivity index (χ1v) is 9.17. The molecular formula is C20H27N5O2. The van der Waals surface area contributed by atoms with Crippen molar-refractivity contribution in [1.29, 1.82) is 10.5 Å². The van der Waals surface area contributed by atoms with E-state index in [4.69, 9.17) is 4.74 Å². The quantitative estimate of drug-likeness (QED) is 0.666. The van der Waals surface area contributed by atoms with Gasteiger partial charge in [-0.1, -0.05) is 12.1 Å². The molecule has 27 heavy (non-hydrogen) atoms. The zero-order valence-electron chi connectivity index (χ0n) is 16.0. The van der Waals surface area contributed by atoms with Crippen molar-refractivity contribution in [2.45, 2.75) is 24.9 Å². The van der Waals surface area contributed by atoms with E-state index in [9.17, 15) is 15.3 Å². The highest BCUT2D eigenvalue weighted by atomic mass is 16.5. The summed E-state index contributed by atoms with van der Waals surface area (Å²) in [6.45, 7) is 3.69. The molecule has 1 aliphatic rings. The molecule has 7 nitrogen and oxygen atoms in total. The average Bonchev–Trinajstić information content (AvgIpc) is 2.71. The molecule has 1 saturated heterocycles. The standard InChI is InChI=1S/C20H27N5O2/c1-23-15-20(13-21,14-22)24-10-17-4-3-9-25(12-17)11-16-5-7-18(8-6-16)19(26)27-2/h5-8,17,23-24H,3-4,9-12,15H2,1-2H3. The van der Waals surface area contributed by atoms with Gasteiger partial charge in [-0.05, 0) is 50.0 Å². The van der Waals surface area contributed by atoms with E-state index in [1.807, 2.05) is 12.1 Å². The van der Waals surface area contributed by atoms with Gasteiger partial charge in [-0.3, -0.25) is 10.2 Å². The van der Waals surface area contributed by atoms with Crippen molar-refractivity contribution >= 4 is 5.97 Å². The Balaban J connectivity index is 1.89. The van der Waals surface area contributed by atoms with Crippen LogP contribution in [0.3, 0.4) is 0 Å². The second-order valence-electron chi connectivity index (χ2n) is 6.97. The third-order valence-electron chi connectivity index (χ3n) is 4.90. The van der Waals surface area contributed by atoms with Crippen molar-refractivity contribution in [2.75, 3.05) is 40.3 Å². The first kappa shape index (κ1) is 20.9. The van der Waals surface area contributed by atoms with Crippen LogP contribution in [0.5, 0.6) is 0 Å². The number of hydrogen-bond acceptors (Lipinski definition) is 7. The Bertz CT molecular complexity index is 691. The Morgan fingerprint density at radius 3 is 2.63 bits per heavy atom. The number of carbonyl (C=O) groups is 1. The molecule has 2 N–H and O–H groups in total. The van der Waals surface area contributed by atoms with E-state index in [-0.39, 0.29) is 5.97 Å². The molecule has 144 valence electrons. The summed E-state index contributed by atoms with van der Waals surface area (Å²) in [5, 5.41) is 24.7. The van der Waals surface area contributed by atoms with E-state index in [1.165, 1.54) is 7.11 Å². The van der Waals surface area contributed by atoms with Crippen molar-refractivity contribution in [3.63, 3.8) is 0 Å². The zero-order chi connectivity index (χ0) is 19.7. The molecule has 2 rings (SSSR count). The molecular weight excluding hydrogens is 342 g/mol. The van der Waals surface area contributed by atoms with Gasteiger partial charge in [0, 0.05) is 26.2 Å². The Hall–Kier alpha value is -2.45. The van der Waals surface area contributed by atoms with E-state index in [1.54, 1.807) is 19.2 Å². The number of nitrogens with one attached hydrogen (secondary N) is 2. The second-order valence-corrected chi connectivity index (χ2v) is 6.97. The van der Waals surface area contributed by atoms with E-state index >= 15 is 0 Å². The molecule has 0 radical (unpaired) electrons. The summed E-state index contributed by atoms with van der Waals surface area (Å²) in [5.74, 6) is 0.0664. The third-order valence-corrected chi connectivity index (χ3v) is 4.90. The van der Waals surface area contributed by atoms with E-state index in [0.717, 1.165) is 38.0 Å². The lowest BCUT2D eigenvalue weighted by Crippen LogP contribution is -2.52. The van der Waals surface area contributed by atoms with Crippen LogP contribution in [-0.2, 0) is 11.3 Å². The number of esters is 1. The Kier molecular flexibility index (Phi) is 7.75. The smallest absolute Gasteiger partial charge is 0.337 e. The summed E-state index contributed by atoms with van der Waals surface area (Å²) in [5.41, 5.74) is 0.520. The predicted octanol–water partition coefficient (Wildman–Crippen LogP) is 1.28. The maximum atomic E-state index is 11.5. The molecule has 7 heteroatoms. The van der Waals surface area contributed by atoms with Crippen LogP contribution >= 0.6 is 0 Å². The zero-order valence-corrected chi connectivity index (χ0v) is 16.0. The van der Waals surface area contributed by atoms with Crippen LogP contribution < -0.4 is 10.6 Å². The fourth-order valence-corrected chi connectivity index (χ4v) is 3.41. The molecule has 0 aliphatic carbocycles. The summed E-state index contributed by atoms with van der Waals surface area (Å²) < 4.78 is 4.72. The van der Waals surface area contributed by atoms with Gasteiger partial charge in [0.05, 0.1) is 12.7 Å². The van der Waals surface area contributed by atoms with Crippen LogP contribution in [0, 0.1) is 28.6 Å². The minimum absolute atomic E-state index is 0.295. The number of ether oxygens (including phenoxy) is 1. The lowest BCUT2D eigenvalue weighted by molar-refractivity contribution is 0.0600. The Morgan fingerprint density at radius 1 is 1.33 bits per heavy atom. The van der Waals surface area contributed by atoms with Gasteiger partial charge in [-0.15, -0.1) is 0 Å². The van der Waals surface area contributed by atoms with Gasteiger partial charge in [0.2, 0.25) is 5.54 Å². The summed E-state index contributed by atoms with van der Waals surface area (Å²) in [6, 6.07) is 11.7. The van der Waals surface area contributed by atoms with Gasteiger partial charge in [0.1, 0.15) is 12.1 Å². The van der Waals surface area contributed by atoms with Crippen molar-refractivity contribution in [3.8, 4) is 12.1 Å². The number of benzene rings is 1. The van der Waals surface area contributed by atoms with E-state index < -0.39 is 5.54 Å². The minimum atomic E-state index is -1.18. The summed E-state index contributed by atoms with van der Waals surface area (Å²) in [7, 11) is 3.11. The molecule has 0 amide bonds. The Labute approximate surface area is 160 Å². The van der Waals surface area contributed by atoms with Gasteiger partial charge >= 0.3 is 5.97 Å². The monoisotopic (exact) mass is 369 g/mol. The van der Waals surface area contributed by atoms with Crippen molar-refractivity contribution in [3.05, 3.63) is 35.4 Å². The third kappa shape index (κ3) is 5.77. The molecule has 0 saturated carbocycles. The summed E-state index contributed by atoms with van der Waals surface area (Å²) >= 11 is 0. The van der Waals surface area contributed by atoms with Crippen LogP contribution in [0.15, 0.2) is 24.3 Å². The number of piperidine rings is 1. The number of nitrogens with zero attached hydrogens (tertiary/aromatic N) is 3. The SMILES string of the molecule is CNCC(C#N)(C#N)NCC1CCCN(Cc2ccc(C(=O)OC)cc2)C1. The molecule has 0 bridgehead atoms. The highest BCUT2D eigenvalue weighted by Gasteiger charge is 2.30. The van der Waals surface area contributed by atoms with E-state index in [2.05, 4.69) is 27.7 Å². The average molecular weight is 369 g/mol. The molecule has 1 aromatic carbocycles. The molecule has 1 fully saturated rings. The Morgan fingerprint density at radius 2 is 2.04 bits per heavy atom. The number of likely N-dealkylation sites (tertiary alicyclic amines) is 1. The largest absolute Gasteiger partial charge is 0.465 e. The lowest BCUT2D eigenvalue weighted by Gasteiger charge is -2.34. The number of carbonyl (C=O) groups excluding carboxylic acids is 1. The second kappa shape index (κ2) is 10.0. The van der Waals surface area contributed by atoms with Crippen molar-refractivity contribution in [2.24, 2.45) is 5.92 Å². The van der Waals surface area contributed by atoms with Crippen LogP contribution in [0.2, 0.25) is 0 Å². The van der Waals surface area contributed by atoms with Crippen LogP contribution in [0.1, 0.15) is 28.8 Å². The predicted molar refractivity (Wildman–Crippen MR) is 102 cm³/mol. The molecule has 1 atom stereocenters. The van der Waals surface area contributed by atoms with Gasteiger partial charge < -0.3 is 10.1 Å². The summed E-state index contributed by atoms with van der Waals surface area (Å²) in [6.07, 6.45) is 2.17. The minimum Gasteiger partial charge on any atom is -0.465 e. The number of likely N-dealkylation sites (N-methyl/N-ethyl adjacent to an activating group) is 1. The normalized spacial score (nSPS) is 17.7. The molecule has 1 unspecified atom stereocenters. The number of rotatable bonds is 8. The lowest BCUT2D eigenvalue weighted by atomic mass is 9.95. The fraction of sp³-hybridized carbons (Fsp3) is 0.550. The molecule has 1 aromatic rings. The summed E-state index contributed by atoms with van der Waals surface area (Å²) in [4.78, 5) is 13.9. The number of methoxy groups -OCH3 is 1. The van der Waals surface area contributed by atoms with Crippen molar-refractivity contribution in [1.82, 2.24) is 15.5 Å².